The summed E-state index contributed by atoms with van der Waals surface area (Å²) in [5, 5.41) is 36.0. The molecule has 6 N–H and O–H groups in total. The summed E-state index contributed by atoms with van der Waals surface area (Å²) in [6.07, 6.45) is 10.1. The molecule has 3 aromatic heterocycles. The zero-order valence-electron chi connectivity index (χ0n) is 43.0. The molecule has 2 bridgehead atoms. The van der Waals surface area contributed by atoms with Crippen LogP contribution in [0.4, 0.5) is 17.2 Å². The zero-order valence-corrected chi connectivity index (χ0v) is 43.8. The number of anilines is 3. The number of hydrogen-bond acceptors (Lipinski definition) is 15. The van der Waals surface area contributed by atoms with E-state index in [9.17, 15) is 24.6 Å². The molecule has 2 aliphatic carbocycles. The monoisotopic (exact) mass is 1020 g/mol. The van der Waals surface area contributed by atoms with Crippen molar-refractivity contribution in [2.45, 2.75) is 115 Å². The van der Waals surface area contributed by atoms with Gasteiger partial charge in [-0.25, -0.2) is 15.0 Å². The van der Waals surface area contributed by atoms with E-state index in [1.165, 1.54) is 4.90 Å². The Morgan fingerprint density at radius 2 is 1.62 bits per heavy atom. The summed E-state index contributed by atoms with van der Waals surface area (Å²) in [5.74, 6) is 2.10. The van der Waals surface area contributed by atoms with Crippen molar-refractivity contribution in [3.05, 3.63) is 89.6 Å². The fourth-order valence-corrected chi connectivity index (χ4v) is 14.3. The van der Waals surface area contributed by atoms with Crippen LogP contribution in [0.15, 0.2) is 72.5 Å². The molecule has 0 radical (unpaired) electrons. The highest BCUT2D eigenvalue weighted by Gasteiger charge is 2.63. The van der Waals surface area contributed by atoms with Crippen LogP contribution in [0.5, 0.6) is 5.75 Å². The highest BCUT2D eigenvalue weighted by Crippen LogP contribution is 2.64. The summed E-state index contributed by atoms with van der Waals surface area (Å²) < 4.78 is 0. The molecule has 2 saturated carbocycles. The number of phenolic OH excluding ortho intramolecular Hbond substituents is 1. The Kier molecular flexibility index (Phi) is 13.6. The van der Waals surface area contributed by atoms with Crippen molar-refractivity contribution in [2.75, 3.05) is 61.3 Å². The van der Waals surface area contributed by atoms with Gasteiger partial charge < -0.3 is 46.2 Å². The number of fused-ring (bicyclic) bond motifs is 1. The molecular formula is C56H70N12O5S. The number of hydrogen-bond donors (Lipinski definition) is 5. The Hall–Kier alpha value is -6.24. The number of rotatable bonds is 12. The Morgan fingerprint density at radius 1 is 0.878 bits per heavy atom. The van der Waals surface area contributed by atoms with Gasteiger partial charge in [0.2, 0.25) is 17.7 Å². The average Bonchev–Trinajstić information content (AvgIpc) is 4.07. The molecule has 18 heteroatoms. The molecule has 3 amide bonds. The molecule has 74 heavy (non-hydrogen) atoms. The van der Waals surface area contributed by atoms with E-state index in [-0.39, 0.29) is 54.3 Å². The second-order valence-corrected chi connectivity index (χ2v) is 24.0. The lowest BCUT2D eigenvalue weighted by molar-refractivity contribution is -0.144. The molecule has 0 spiro atoms. The van der Waals surface area contributed by atoms with Crippen LogP contribution in [0, 0.1) is 36.0 Å². The number of para-hydroxylation sites is 1. The molecule has 7 atom stereocenters. The molecule has 5 aromatic rings. The molecule has 17 nitrogen and oxygen atoms in total. The molecule has 6 aliphatic rings. The number of carbonyl (C=O) groups is 3. The first kappa shape index (κ1) is 49.9. The van der Waals surface area contributed by atoms with Crippen molar-refractivity contribution in [1.29, 1.82) is 0 Å². The number of nitrogens with zero attached hydrogens (tertiary/aromatic N) is 9. The predicted octanol–water partition coefficient (Wildman–Crippen LogP) is 5.95. The second-order valence-electron chi connectivity index (χ2n) is 23.1. The summed E-state index contributed by atoms with van der Waals surface area (Å²) >= 11 is 1.59. The SMILES string of the molecule is Cc1ncsc1-c1ccc(CNC(=O)[C@@H]2C[C@@H](O)CN2C(=O)[C@@H](NC(=O)C2CCN(C3CCN(c4cnc(C56CC7CC5C(CN(c5cc(-c8ccccc8O)nnc5N)C7)C6)nc4)CC3)CC2)C(C)(C)C)cc1. The van der Waals surface area contributed by atoms with E-state index < -0.39 is 23.6 Å². The van der Waals surface area contributed by atoms with Gasteiger partial charge in [0.05, 0.1) is 51.6 Å². The van der Waals surface area contributed by atoms with Gasteiger partial charge in [0.1, 0.15) is 23.7 Å². The van der Waals surface area contributed by atoms with E-state index in [4.69, 9.17) is 15.7 Å². The maximum Gasteiger partial charge on any atom is 0.246 e. The van der Waals surface area contributed by atoms with Gasteiger partial charge in [-0.15, -0.1) is 21.5 Å². The van der Waals surface area contributed by atoms with E-state index in [0.717, 1.165) is 110 Å². The lowest BCUT2D eigenvalue weighted by Gasteiger charge is -2.52. The largest absolute Gasteiger partial charge is 0.507 e. The topological polar surface area (TPSA) is 219 Å². The number of nitrogens with two attached hydrogens (primary N) is 1. The summed E-state index contributed by atoms with van der Waals surface area (Å²) in [4.78, 5) is 66.4. The Morgan fingerprint density at radius 3 is 2.32 bits per heavy atom. The number of nitrogen functional groups attached to an aromatic ring is 1. The molecule has 390 valence electrons. The first-order valence-electron chi connectivity index (χ1n) is 26.7. The van der Waals surface area contributed by atoms with Crippen LogP contribution in [0.2, 0.25) is 0 Å². The first-order chi connectivity index (χ1) is 35.6. The maximum absolute atomic E-state index is 14.3. The van der Waals surface area contributed by atoms with E-state index in [1.807, 2.05) is 88.1 Å². The summed E-state index contributed by atoms with van der Waals surface area (Å²) in [6, 6.07) is 15.9. The van der Waals surface area contributed by atoms with Crippen molar-refractivity contribution in [3.8, 4) is 27.4 Å². The van der Waals surface area contributed by atoms with Gasteiger partial charge in [0.15, 0.2) is 5.82 Å². The van der Waals surface area contributed by atoms with Gasteiger partial charge in [-0.3, -0.25) is 14.4 Å². The van der Waals surface area contributed by atoms with E-state index in [1.54, 1.807) is 23.5 Å². The van der Waals surface area contributed by atoms with Gasteiger partial charge in [0, 0.05) is 68.6 Å². The fraction of sp³-hybridized carbons (Fsp3) is 0.536. The van der Waals surface area contributed by atoms with Gasteiger partial charge in [0.25, 0.3) is 0 Å². The Bertz CT molecular complexity index is 2860. The summed E-state index contributed by atoms with van der Waals surface area (Å²) in [7, 11) is 0. The second kappa shape index (κ2) is 20.1. The van der Waals surface area contributed by atoms with Crippen LogP contribution in [-0.4, -0.2) is 133 Å². The lowest BCUT2D eigenvalue weighted by Crippen LogP contribution is -2.59. The first-order valence-corrected chi connectivity index (χ1v) is 27.5. The number of β-amino-alcohol motifs (C(OH)–C–C–N with tert-alkyl or cyclic N) is 1. The molecule has 11 rings (SSSR count). The van der Waals surface area contributed by atoms with E-state index in [0.29, 0.717) is 53.7 Å². The fourth-order valence-electron chi connectivity index (χ4n) is 13.5. The number of likely N-dealkylation sites (tertiary alicyclic amines) is 2. The van der Waals surface area contributed by atoms with Gasteiger partial charge >= 0.3 is 0 Å². The van der Waals surface area contributed by atoms with Crippen LogP contribution in [-0.2, 0) is 26.3 Å². The molecule has 6 fully saturated rings. The van der Waals surface area contributed by atoms with Gasteiger partial charge in [-0.1, -0.05) is 57.2 Å². The highest BCUT2D eigenvalue weighted by atomic mass is 32.1. The number of aliphatic hydroxyl groups excluding tert-OH is 1. The van der Waals surface area contributed by atoms with E-state index in [2.05, 4.69) is 40.5 Å². The third kappa shape index (κ3) is 9.68. The third-order valence-electron chi connectivity index (χ3n) is 17.4. The molecule has 4 unspecified atom stereocenters. The molecular weight excluding hydrogens is 953 g/mol. The number of thiazole rings is 1. The van der Waals surface area contributed by atoms with Gasteiger partial charge in [-0.2, -0.15) is 0 Å². The number of carbonyl (C=O) groups excluding carboxylic acids is 3. The molecule has 7 heterocycles. The minimum absolute atomic E-state index is 0.0261. The minimum Gasteiger partial charge on any atom is -0.507 e. The smallest absolute Gasteiger partial charge is 0.246 e. The summed E-state index contributed by atoms with van der Waals surface area (Å²) in [6.45, 7) is 13.4. The quantitative estimate of drug-likeness (QED) is 0.0977. The number of benzene rings is 2. The predicted molar refractivity (Wildman–Crippen MR) is 285 cm³/mol. The van der Waals surface area contributed by atoms with Crippen LogP contribution < -0.4 is 26.2 Å². The van der Waals surface area contributed by atoms with E-state index >= 15 is 0 Å². The highest BCUT2D eigenvalue weighted by molar-refractivity contribution is 7.13. The molecule has 4 aliphatic heterocycles. The molecule has 2 aromatic carbocycles. The van der Waals surface area contributed by atoms with Crippen molar-refractivity contribution >= 4 is 46.3 Å². The minimum atomic E-state index is -0.860. The number of aryl methyl sites for hydroxylation is 1. The molecule has 4 saturated heterocycles. The summed E-state index contributed by atoms with van der Waals surface area (Å²) in [5.41, 5.74) is 13.9. The zero-order chi connectivity index (χ0) is 51.5. The van der Waals surface area contributed by atoms with Crippen LogP contribution in [0.3, 0.4) is 0 Å². The van der Waals surface area contributed by atoms with Crippen molar-refractivity contribution in [3.63, 3.8) is 0 Å². The average molecular weight is 1020 g/mol. The number of aliphatic hydroxyl groups is 1. The van der Waals surface area contributed by atoms with Crippen LogP contribution >= 0.6 is 11.3 Å². The number of nitrogens with one attached hydrogen (secondary N) is 2. The van der Waals surface area contributed by atoms with Crippen LogP contribution in [0.1, 0.15) is 89.2 Å². The third-order valence-corrected chi connectivity index (χ3v) is 18.4. The van der Waals surface area contributed by atoms with Crippen molar-refractivity contribution in [2.24, 2.45) is 29.1 Å². The van der Waals surface area contributed by atoms with Gasteiger partial charge in [-0.05, 0) is 117 Å². The standard InChI is InChI=1S/C56H70N12O5S/c1-33-48(74-32-61-33)36-11-9-34(10-12-36)26-58-52(72)46-22-41(69)31-68(46)53(73)49(55(2,3)4)62-51(71)37-13-17-65(18-14-37)39-15-19-66(20-16-39)40-27-59-54(60-28-40)56-24-35-21-43(56)38(25-56)30-67(29-35)45-23-44(63-64-50(45)57)42-7-5-6-8-47(42)70/h5-12,23,27-28,32,35,37-39,41,43,46,49,69-70H,13-22,24-26,29-31H2,1-4H3,(H2,57,64)(H,58,72)(H,62,71)/t35?,38?,41-,43?,46+,49-,56?/m1/s1. The normalized spacial score (nSPS) is 25.9. The number of amides is 3. The van der Waals surface area contributed by atoms with Crippen molar-refractivity contribution < 1.29 is 24.6 Å². The maximum atomic E-state index is 14.3. The van der Waals surface area contributed by atoms with Crippen LogP contribution in [0.25, 0.3) is 21.7 Å². The number of aromatic nitrogens is 5. The lowest BCUT2D eigenvalue weighted by atomic mass is 9.54. The Balaban J connectivity index is 0.643. The number of aromatic hydroxyl groups is 1. The number of piperidine rings is 2. The van der Waals surface area contributed by atoms with Crippen molar-refractivity contribution in [1.82, 2.24) is 45.6 Å². The number of phenols is 1. The Labute approximate surface area is 437 Å².